The van der Waals surface area contributed by atoms with Crippen LogP contribution in [-0.2, 0) is 17.9 Å². The van der Waals surface area contributed by atoms with Crippen LogP contribution < -0.4 is 5.32 Å². The van der Waals surface area contributed by atoms with Crippen LogP contribution in [0.25, 0.3) is 32.9 Å². The smallest absolute Gasteiger partial charge is 0.246 e. The van der Waals surface area contributed by atoms with Crippen LogP contribution in [-0.4, -0.2) is 30.5 Å². The van der Waals surface area contributed by atoms with Gasteiger partial charge in [-0.3, -0.25) is 9.48 Å². The van der Waals surface area contributed by atoms with Crippen molar-refractivity contribution in [3.63, 3.8) is 0 Å². The Morgan fingerprint density at radius 1 is 0.944 bits per heavy atom. The molecule has 0 unspecified atom stereocenters. The van der Waals surface area contributed by atoms with E-state index < -0.39 is 0 Å². The minimum atomic E-state index is -0.184. The highest BCUT2D eigenvalue weighted by atomic mass is 16.2. The number of amides is 1. The van der Waals surface area contributed by atoms with E-state index in [1.54, 1.807) is 17.1 Å². The van der Waals surface area contributed by atoms with E-state index in [0.717, 1.165) is 22.2 Å². The molecule has 0 saturated heterocycles. The van der Waals surface area contributed by atoms with Gasteiger partial charge in [-0.05, 0) is 40.5 Å². The van der Waals surface area contributed by atoms with E-state index in [-0.39, 0.29) is 12.5 Å². The molecule has 0 aliphatic carbocycles. The molecule has 36 heavy (non-hydrogen) atoms. The number of benzene rings is 3. The van der Waals surface area contributed by atoms with Gasteiger partial charge in [0.25, 0.3) is 0 Å². The monoisotopic (exact) mass is 472 g/mol. The minimum Gasteiger partial charge on any atom is -0.322 e. The Labute approximate surface area is 208 Å². The summed E-state index contributed by atoms with van der Waals surface area (Å²) in [5, 5.41) is 15.4. The number of hydrogen-bond donors (Lipinski definition) is 1. The minimum absolute atomic E-state index is 0.0596. The topological polar surface area (TPSA) is 77.6 Å². The van der Waals surface area contributed by atoms with Gasteiger partial charge in [-0.15, -0.1) is 0 Å². The number of anilines is 1. The molecule has 0 spiro atoms. The van der Waals surface area contributed by atoms with Gasteiger partial charge in [-0.2, -0.15) is 10.2 Å². The molecule has 6 aromatic rings. The molecule has 6 rings (SSSR count). The van der Waals surface area contributed by atoms with E-state index in [4.69, 9.17) is 0 Å². The molecule has 1 N–H and O–H groups in total. The van der Waals surface area contributed by atoms with Crippen LogP contribution in [0.2, 0.25) is 0 Å². The fourth-order valence-corrected chi connectivity index (χ4v) is 4.71. The largest absolute Gasteiger partial charge is 0.322 e. The lowest BCUT2D eigenvalue weighted by Crippen LogP contribution is -2.19. The van der Waals surface area contributed by atoms with Gasteiger partial charge in [0.1, 0.15) is 6.54 Å². The second-order valence-electron chi connectivity index (χ2n) is 8.78. The summed E-state index contributed by atoms with van der Waals surface area (Å²) in [6.45, 7) is 2.62. The predicted molar refractivity (Wildman–Crippen MR) is 142 cm³/mol. The van der Waals surface area contributed by atoms with Crippen LogP contribution in [0.5, 0.6) is 0 Å². The van der Waals surface area contributed by atoms with Gasteiger partial charge >= 0.3 is 0 Å². The average Bonchev–Trinajstić information content (AvgIpc) is 3.48. The van der Waals surface area contributed by atoms with Crippen molar-refractivity contribution in [2.45, 2.75) is 20.0 Å². The lowest BCUT2D eigenvalue weighted by molar-refractivity contribution is -0.116. The van der Waals surface area contributed by atoms with Crippen molar-refractivity contribution in [1.82, 2.24) is 24.5 Å². The molecule has 0 aliphatic heterocycles. The van der Waals surface area contributed by atoms with Gasteiger partial charge in [0.15, 0.2) is 5.65 Å². The van der Waals surface area contributed by atoms with E-state index >= 15 is 0 Å². The lowest BCUT2D eigenvalue weighted by atomic mass is 10.0. The fourth-order valence-electron chi connectivity index (χ4n) is 4.71. The normalized spacial score (nSPS) is 11.2. The molecule has 0 aliphatic rings. The predicted octanol–water partition coefficient (Wildman–Crippen LogP) is 5.44. The Morgan fingerprint density at radius 2 is 1.75 bits per heavy atom. The van der Waals surface area contributed by atoms with E-state index in [1.165, 1.54) is 16.3 Å². The Bertz CT molecular complexity index is 1690. The Morgan fingerprint density at radius 3 is 2.64 bits per heavy atom. The van der Waals surface area contributed by atoms with Crippen LogP contribution in [0.3, 0.4) is 0 Å². The maximum atomic E-state index is 12.9. The fraction of sp³-hybridized carbons (Fsp3) is 0.103. The van der Waals surface area contributed by atoms with Crippen molar-refractivity contribution < 1.29 is 4.79 Å². The third-order valence-corrected chi connectivity index (χ3v) is 6.32. The molecule has 3 aromatic carbocycles. The Hall–Kier alpha value is -4.78. The third-order valence-electron chi connectivity index (χ3n) is 6.32. The second kappa shape index (κ2) is 9.11. The van der Waals surface area contributed by atoms with Crippen LogP contribution in [0.1, 0.15) is 11.3 Å². The number of fused-ring (bicyclic) bond motifs is 2. The number of rotatable bonds is 6. The van der Waals surface area contributed by atoms with E-state index in [9.17, 15) is 4.79 Å². The highest BCUT2D eigenvalue weighted by Crippen LogP contribution is 2.29. The van der Waals surface area contributed by atoms with Crippen molar-refractivity contribution in [3.05, 3.63) is 109 Å². The molecule has 0 fully saturated rings. The number of carbonyl (C=O) groups is 1. The SMILES string of the molecule is Cc1nn(CC(=O)Nc2cnn(Cc3cccc4ccccc34)c2)c2nccc(-c3ccccc3)c12. The Kier molecular flexibility index (Phi) is 5.50. The summed E-state index contributed by atoms with van der Waals surface area (Å²) in [5.74, 6) is -0.184. The summed E-state index contributed by atoms with van der Waals surface area (Å²) in [5.41, 5.74) is 5.50. The molecule has 1 amide bonds. The zero-order valence-corrected chi connectivity index (χ0v) is 19.8. The van der Waals surface area contributed by atoms with Crippen molar-refractivity contribution in [2.75, 3.05) is 5.32 Å². The first-order valence-corrected chi connectivity index (χ1v) is 11.8. The zero-order valence-electron chi connectivity index (χ0n) is 19.8. The van der Waals surface area contributed by atoms with Gasteiger partial charge in [-0.1, -0.05) is 72.8 Å². The van der Waals surface area contributed by atoms with Crippen LogP contribution in [0.15, 0.2) is 97.5 Å². The van der Waals surface area contributed by atoms with E-state index in [1.807, 2.05) is 54.2 Å². The highest BCUT2D eigenvalue weighted by Gasteiger charge is 2.16. The summed E-state index contributed by atoms with van der Waals surface area (Å²) in [6.07, 6.45) is 5.27. The van der Waals surface area contributed by atoms with Gasteiger partial charge in [0.2, 0.25) is 5.91 Å². The molecule has 7 heteroatoms. The molecular weight excluding hydrogens is 448 g/mol. The summed E-state index contributed by atoms with van der Waals surface area (Å²) in [4.78, 5) is 17.4. The number of aryl methyl sites for hydroxylation is 1. The average molecular weight is 473 g/mol. The maximum absolute atomic E-state index is 12.9. The van der Waals surface area contributed by atoms with Crippen molar-refractivity contribution in [2.24, 2.45) is 0 Å². The zero-order chi connectivity index (χ0) is 24.5. The second-order valence-corrected chi connectivity index (χ2v) is 8.78. The number of pyridine rings is 1. The lowest BCUT2D eigenvalue weighted by Gasteiger charge is -2.07. The quantitative estimate of drug-likeness (QED) is 0.350. The van der Waals surface area contributed by atoms with Crippen molar-refractivity contribution in [3.8, 4) is 11.1 Å². The first kappa shape index (κ1) is 21.7. The van der Waals surface area contributed by atoms with Crippen LogP contribution >= 0.6 is 0 Å². The molecule has 7 nitrogen and oxygen atoms in total. The highest BCUT2D eigenvalue weighted by molar-refractivity contribution is 5.96. The van der Waals surface area contributed by atoms with Crippen molar-refractivity contribution in [1.29, 1.82) is 0 Å². The van der Waals surface area contributed by atoms with Gasteiger partial charge in [0, 0.05) is 17.8 Å². The molecule has 0 saturated carbocycles. The number of aromatic nitrogens is 5. The molecule has 176 valence electrons. The summed E-state index contributed by atoms with van der Waals surface area (Å²) in [7, 11) is 0. The number of nitrogens with zero attached hydrogens (tertiary/aromatic N) is 5. The number of carbonyl (C=O) groups excluding carboxylic acids is 1. The Balaban J connectivity index is 1.20. The van der Waals surface area contributed by atoms with Crippen LogP contribution in [0, 0.1) is 6.92 Å². The molecule has 3 heterocycles. The number of hydrogen-bond acceptors (Lipinski definition) is 4. The van der Waals surface area contributed by atoms with Gasteiger partial charge < -0.3 is 5.32 Å². The van der Waals surface area contributed by atoms with E-state index in [0.29, 0.717) is 17.9 Å². The summed E-state index contributed by atoms with van der Waals surface area (Å²) in [6, 6.07) is 26.7. The molecular formula is C29H24N6O. The number of nitrogens with one attached hydrogen (secondary N) is 1. The summed E-state index contributed by atoms with van der Waals surface area (Å²) < 4.78 is 3.49. The first-order valence-electron chi connectivity index (χ1n) is 11.8. The molecule has 0 atom stereocenters. The first-order chi connectivity index (χ1) is 17.7. The van der Waals surface area contributed by atoms with Crippen molar-refractivity contribution >= 4 is 33.4 Å². The molecule has 0 bridgehead atoms. The molecule has 3 aromatic heterocycles. The third kappa shape index (κ3) is 4.11. The maximum Gasteiger partial charge on any atom is 0.246 e. The van der Waals surface area contributed by atoms with Crippen LogP contribution in [0.4, 0.5) is 5.69 Å². The van der Waals surface area contributed by atoms with E-state index in [2.05, 4.69) is 63.0 Å². The van der Waals surface area contributed by atoms with Gasteiger partial charge in [0.05, 0.1) is 24.1 Å². The molecule has 0 radical (unpaired) electrons. The summed E-state index contributed by atoms with van der Waals surface area (Å²) >= 11 is 0. The standard InChI is InChI=1S/C29H24N6O/c1-20-28-26(22-8-3-2-4-9-22)14-15-30-29(28)35(33-20)19-27(36)32-24-16-31-34(18-24)17-23-12-7-11-21-10-5-6-13-25(21)23/h2-16,18H,17,19H2,1H3,(H,32,36). The van der Waals surface area contributed by atoms with Gasteiger partial charge in [-0.25, -0.2) is 9.67 Å².